The van der Waals surface area contributed by atoms with Crippen molar-refractivity contribution in [2.75, 3.05) is 50.8 Å². The predicted octanol–water partition coefficient (Wildman–Crippen LogP) is 4.45. The van der Waals surface area contributed by atoms with Crippen molar-refractivity contribution < 1.29 is 14.3 Å². The van der Waals surface area contributed by atoms with Gasteiger partial charge in [0.15, 0.2) is 6.73 Å². The monoisotopic (exact) mass is 560 g/mol. The fourth-order valence-electron chi connectivity index (χ4n) is 5.70. The number of hydrogen-bond acceptors (Lipinski definition) is 8. The van der Waals surface area contributed by atoms with E-state index < -0.39 is 0 Å². The summed E-state index contributed by atoms with van der Waals surface area (Å²) in [6.07, 6.45) is 3.76. The largest absolute Gasteiger partial charge is 0.494 e. The molecule has 40 heavy (non-hydrogen) atoms. The van der Waals surface area contributed by atoms with E-state index in [-0.39, 0.29) is 24.3 Å². The van der Waals surface area contributed by atoms with Gasteiger partial charge in [0.1, 0.15) is 11.8 Å². The lowest BCUT2D eigenvalue weighted by molar-refractivity contribution is -0.149. The average molecular weight is 561 g/mol. The molecular weight excluding hydrogens is 524 g/mol. The molecule has 9 heteroatoms. The second kappa shape index (κ2) is 12.4. The third-order valence-electron chi connectivity index (χ3n) is 7.97. The van der Waals surface area contributed by atoms with E-state index in [9.17, 15) is 9.59 Å². The Morgan fingerprint density at radius 3 is 2.75 bits per heavy atom. The first-order chi connectivity index (χ1) is 19.7. The predicted molar refractivity (Wildman–Crippen MR) is 161 cm³/mol. The molecule has 0 aliphatic carbocycles. The standard InChI is InChI=1S/C31H36N4O4S/c36-30-11-9-23-8-10-24(21-28(23)35(30)22-39-31(37)26-5-4-13-32-26)38-19-2-1-14-33-15-17-34(18-16-33)27-6-3-7-29-25(27)12-20-40-29/h3,6-12,20-21,26,32H,1-2,4-5,13-19,22H2. The fourth-order valence-corrected chi connectivity index (χ4v) is 6.51. The van der Waals surface area contributed by atoms with Crippen LogP contribution in [0.5, 0.6) is 5.75 Å². The van der Waals surface area contributed by atoms with E-state index in [1.54, 1.807) is 17.4 Å². The van der Waals surface area contributed by atoms with Gasteiger partial charge in [-0.3, -0.25) is 19.1 Å². The molecule has 0 spiro atoms. The number of rotatable bonds is 10. The van der Waals surface area contributed by atoms with Gasteiger partial charge in [0, 0.05) is 54.1 Å². The molecule has 4 aromatic rings. The Kier molecular flexibility index (Phi) is 8.32. The highest BCUT2D eigenvalue weighted by molar-refractivity contribution is 7.17. The second-order valence-corrected chi connectivity index (χ2v) is 11.5. The SMILES string of the molecule is O=C(OCn1c(=O)ccc2ccc(OCCCCN3CCN(c4cccc5sccc45)CC3)cc21)C1CCCN1. The van der Waals surface area contributed by atoms with E-state index in [4.69, 9.17) is 9.47 Å². The highest BCUT2D eigenvalue weighted by Crippen LogP contribution is 2.31. The van der Waals surface area contributed by atoms with Crippen molar-refractivity contribution in [2.45, 2.75) is 38.5 Å². The summed E-state index contributed by atoms with van der Waals surface area (Å²) in [5.41, 5.74) is 1.86. The number of esters is 1. The van der Waals surface area contributed by atoms with Gasteiger partial charge in [0.25, 0.3) is 5.56 Å². The quantitative estimate of drug-likeness (QED) is 0.227. The van der Waals surface area contributed by atoms with E-state index >= 15 is 0 Å². The van der Waals surface area contributed by atoms with Crippen molar-refractivity contribution in [3.05, 3.63) is 70.3 Å². The van der Waals surface area contributed by atoms with E-state index in [1.807, 2.05) is 18.2 Å². The Morgan fingerprint density at radius 1 is 1.02 bits per heavy atom. The third-order valence-corrected chi connectivity index (χ3v) is 8.85. The van der Waals surface area contributed by atoms with E-state index in [0.29, 0.717) is 17.9 Å². The first kappa shape index (κ1) is 26.8. The number of ether oxygens (including phenoxy) is 2. The van der Waals surface area contributed by atoms with Crippen molar-refractivity contribution in [2.24, 2.45) is 0 Å². The van der Waals surface area contributed by atoms with Gasteiger partial charge in [-0.05, 0) is 85.9 Å². The first-order valence-corrected chi connectivity index (χ1v) is 15.1. The molecule has 1 N–H and O–H groups in total. The summed E-state index contributed by atoms with van der Waals surface area (Å²) in [5, 5.41) is 7.58. The number of anilines is 1. The summed E-state index contributed by atoms with van der Waals surface area (Å²) in [6.45, 7) is 6.65. The van der Waals surface area contributed by atoms with Gasteiger partial charge in [0.05, 0.1) is 12.1 Å². The molecule has 4 heterocycles. The summed E-state index contributed by atoms with van der Waals surface area (Å²) in [5.74, 6) is 0.405. The number of pyridine rings is 1. The van der Waals surface area contributed by atoms with Crippen LogP contribution in [0.3, 0.4) is 0 Å². The average Bonchev–Trinajstić information content (AvgIpc) is 3.70. The zero-order valence-corrected chi connectivity index (χ0v) is 23.5. The van der Waals surface area contributed by atoms with Gasteiger partial charge in [-0.15, -0.1) is 11.3 Å². The molecule has 6 rings (SSSR count). The maximum absolute atomic E-state index is 12.6. The minimum absolute atomic E-state index is 0.105. The molecular formula is C31H36N4O4S. The van der Waals surface area contributed by atoms with Gasteiger partial charge in [-0.1, -0.05) is 6.07 Å². The topological polar surface area (TPSA) is 76.0 Å². The molecule has 0 bridgehead atoms. The molecule has 210 valence electrons. The van der Waals surface area contributed by atoms with Crippen molar-refractivity contribution in [3.8, 4) is 5.75 Å². The molecule has 2 aliphatic heterocycles. The van der Waals surface area contributed by atoms with Gasteiger partial charge in [0.2, 0.25) is 0 Å². The van der Waals surface area contributed by atoms with Crippen LogP contribution < -0.4 is 20.5 Å². The molecule has 2 saturated heterocycles. The smallest absolute Gasteiger partial charge is 0.324 e. The number of hydrogen-bond donors (Lipinski definition) is 1. The van der Waals surface area contributed by atoms with Crippen LogP contribution in [-0.2, 0) is 16.3 Å². The van der Waals surface area contributed by atoms with Crippen LogP contribution in [0.25, 0.3) is 21.0 Å². The highest BCUT2D eigenvalue weighted by Gasteiger charge is 2.23. The Balaban J connectivity index is 0.969. The fraction of sp³-hybridized carbons (Fsp3) is 0.419. The number of benzene rings is 2. The van der Waals surface area contributed by atoms with Gasteiger partial charge < -0.3 is 19.7 Å². The molecule has 1 atom stereocenters. The van der Waals surface area contributed by atoms with Crippen molar-refractivity contribution in [3.63, 3.8) is 0 Å². The Hall–Kier alpha value is -3.40. The zero-order chi connectivity index (χ0) is 27.3. The Labute approximate surface area is 238 Å². The van der Waals surface area contributed by atoms with Crippen LogP contribution in [0.4, 0.5) is 5.69 Å². The lowest BCUT2D eigenvalue weighted by Crippen LogP contribution is -2.46. The molecule has 2 aromatic carbocycles. The van der Waals surface area contributed by atoms with Gasteiger partial charge in [-0.25, -0.2) is 0 Å². The Bertz CT molecular complexity index is 1520. The number of unbranched alkanes of at least 4 members (excludes halogenated alkanes) is 1. The van der Waals surface area contributed by atoms with Crippen molar-refractivity contribution in [1.82, 2.24) is 14.8 Å². The minimum Gasteiger partial charge on any atom is -0.494 e. The number of thiophene rings is 1. The van der Waals surface area contributed by atoms with Gasteiger partial charge >= 0.3 is 5.97 Å². The molecule has 2 fully saturated rings. The van der Waals surface area contributed by atoms with E-state index in [2.05, 4.69) is 44.8 Å². The number of piperazine rings is 1. The maximum Gasteiger partial charge on any atom is 0.324 e. The number of carbonyl (C=O) groups is 1. The summed E-state index contributed by atoms with van der Waals surface area (Å²) < 4.78 is 14.4. The second-order valence-electron chi connectivity index (χ2n) is 10.6. The normalized spacial score (nSPS) is 18.0. The summed E-state index contributed by atoms with van der Waals surface area (Å²) in [4.78, 5) is 30.0. The van der Waals surface area contributed by atoms with Crippen LogP contribution in [0.2, 0.25) is 0 Å². The minimum atomic E-state index is -0.310. The number of fused-ring (bicyclic) bond motifs is 2. The third kappa shape index (κ3) is 6.01. The summed E-state index contributed by atoms with van der Waals surface area (Å²) in [7, 11) is 0. The van der Waals surface area contributed by atoms with Crippen LogP contribution in [-0.4, -0.2) is 67.4 Å². The molecule has 2 aromatic heterocycles. The summed E-state index contributed by atoms with van der Waals surface area (Å²) >= 11 is 1.81. The molecule has 1 unspecified atom stereocenters. The number of carbonyl (C=O) groups excluding carboxylic acids is 1. The maximum atomic E-state index is 12.6. The van der Waals surface area contributed by atoms with Crippen molar-refractivity contribution >= 4 is 44.0 Å². The lowest BCUT2D eigenvalue weighted by atomic mass is 10.2. The molecule has 0 radical (unpaired) electrons. The van der Waals surface area contributed by atoms with Crippen LogP contribution in [0.1, 0.15) is 25.7 Å². The first-order valence-electron chi connectivity index (χ1n) is 14.3. The lowest BCUT2D eigenvalue weighted by Gasteiger charge is -2.36. The molecule has 2 aliphatic rings. The van der Waals surface area contributed by atoms with Crippen LogP contribution >= 0.6 is 11.3 Å². The van der Waals surface area contributed by atoms with Crippen molar-refractivity contribution in [1.29, 1.82) is 0 Å². The molecule has 0 amide bonds. The molecule has 8 nitrogen and oxygen atoms in total. The summed E-state index contributed by atoms with van der Waals surface area (Å²) in [6, 6.07) is 17.6. The number of nitrogens with zero attached hydrogens (tertiary/aromatic N) is 3. The van der Waals surface area contributed by atoms with Crippen LogP contribution in [0.15, 0.2) is 64.8 Å². The highest BCUT2D eigenvalue weighted by atomic mass is 32.1. The van der Waals surface area contributed by atoms with E-state index in [1.165, 1.54) is 26.4 Å². The van der Waals surface area contributed by atoms with E-state index in [0.717, 1.165) is 70.3 Å². The molecule has 0 saturated carbocycles. The number of aromatic nitrogens is 1. The van der Waals surface area contributed by atoms with Crippen LogP contribution in [0, 0.1) is 0 Å². The number of nitrogens with one attached hydrogen (secondary N) is 1. The zero-order valence-electron chi connectivity index (χ0n) is 22.7. The Morgan fingerprint density at radius 2 is 1.90 bits per heavy atom. The van der Waals surface area contributed by atoms with Gasteiger partial charge in [-0.2, -0.15) is 0 Å².